The molecule has 0 heterocycles. The first kappa shape index (κ1) is 12.9. The molecule has 2 atom stereocenters. The lowest BCUT2D eigenvalue weighted by molar-refractivity contribution is -0.123. The van der Waals surface area contributed by atoms with Crippen LogP contribution in [0, 0.1) is 12.3 Å². The zero-order chi connectivity index (χ0) is 11.0. The first-order valence-electron chi connectivity index (χ1n) is 4.66. The normalized spacial score (nSPS) is 14.1. The average molecular weight is 198 g/mol. The minimum atomic E-state index is -0.646. The molecule has 2 unspecified atom stereocenters. The Labute approximate surface area is 85.2 Å². The molecule has 1 amide bonds. The SMILES string of the molecule is C#CC(CCC)NC(=O)C(N)COC. The van der Waals surface area contributed by atoms with Gasteiger partial charge in [0.15, 0.2) is 0 Å². The van der Waals surface area contributed by atoms with Gasteiger partial charge in [-0.2, -0.15) is 0 Å². The summed E-state index contributed by atoms with van der Waals surface area (Å²) in [5.41, 5.74) is 5.52. The lowest BCUT2D eigenvalue weighted by Crippen LogP contribution is -2.47. The second-order valence-electron chi connectivity index (χ2n) is 3.08. The number of carbonyl (C=O) groups is 1. The smallest absolute Gasteiger partial charge is 0.240 e. The van der Waals surface area contributed by atoms with Crippen LogP contribution in [-0.2, 0) is 9.53 Å². The molecule has 3 N–H and O–H groups in total. The van der Waals surface area contributed by atoms with Gasteiger partial charge in [-0.25, -0.2) is 0 Å². The number of terminal acetylenes is 1. The Bertz CT molecular complexity index is 211. The highest BCUT2D eigenvalue weighted by atomic mass is 16.5. The first-order valence-corrected chi connectivity index (χ1v) is 4.66. The monoisotopic (exact) mass is 198 g/mol. The minimum Gasteiger partial charge on any atom is -0.383 e. The molecule has 0 bridgehead atoms. The molecule has 0 radical (unpaired) electrons. The van der Waals surface area contributed by atoms with Crippen LogP contribution < -0.4 is 11.1 Å². The number of nitrogens with two attached hydrogens (primary N) is 1. The maximum absolute atomic E-state index is 11.4. The van der Waals surface area contributed by atoms with Gasteiger partial charge >= 0.3 is 0 Å². The van der Waals surface area contributed by atoms with Crippen molar-refractivity contribution in [1.29, 1.82) is 0 Å². The quantitative estimate of drug-likeness (QED) is 0.585. The number of hydrogen-bond acceptors (Lipinski definition) is 3. The van der Waals surface area contributed by atoms with Crippen molar-refractivity contribution in [2.24, 2.45) is 5.73 Å². The Hall–Kier alpha value is -1.05. The molecule has 0 rings (SSSR count). The number of methoxy groups -OCH3 is 1. The van der Waals surface area contributed by atoms with Crippen molar-refractivity contribution in [2.45, 2.75) is 31.8 Å². The number of rotatable bonds is 6. The van der Waals surface area contributed by atoms with E-state index in [4.69, 9.17) is 16.9 Å². The van der Waals surface area contributed by atoms with Gasteiger partial charge in [0.1, 0.15) is 6.04 Å². The number of carbonyl (C=O) groups excluding carboxylic acids is 1. The molecule has 0 aromatic heterocycles. The predicted octanol–water partition coefficient (Wildman–Crippen LogP) is -0.122. The third-order valence-corrected chi connectivity index (χ3v) is 1.78. The van der Waals surface area contributed by atoms with E-state index in [0.717, 1.165) is 12.8 Å². The fourth-order valence-corrected chi connectivity index (χ4v) is 1.02. The number of amides is 1. The van der Waals surface area contributed by atoms with Crippen LogP contribution >= 0.6 is 0 Å². The zero-order valence-electron chi connectivity index (χ0n) is 8.75. The van der Waals surface area contributed by atoms with E-state index < -0.39 is 6.04 Å². The lowest BCUT2D eigenvalue weighted by atomic mass is 10.1. The van der Waals surface area contributed by atoms with E-state index in [0.29, 0.717) is 0 Å². The van der Waals surface area contributed by atoms with Gasteiger partial charge in [0.25, 0.3) is 0 Å². The van der Waals surface area contributed by atoms with Gasteiger partial charge in [-0.05, 0) is 6.42 Å². The highest BCUT2D eigenvalue weighted by molar-refractivity contribution is 5.82. The van der Waals surface area contributed by atoms with Gasteiger partial charge < -0.3 is 15.8 Å². The van der Waals surface area contributed by atoms with Gasteiger partial charge in [-0.1, -0.05) is 19.3 Å². The van der Waals surface area contributed by atoms with Crippen molar-refractivity contribution >= 4 is 5.91 Å². The Morgan fingerprint density at radius 3 is 2.79 bits per heavy atom. The Balaban J connectivity index is 3.96. The fourth-order valence-electron chi connectivity index (χ4n) is 1.02. The molecule has 4 heteroatoms. The van der Waals surface area contributed by atoms with Crippen molar-refractivity contribution in [3.05, 3.63) is 0 Å². The van der Waals surface area contributed by atoms with E-state index in [1.807, 2.05) is 6.92 Å². The van der Waals surface area contributed by atoms with Crippen molar-refractivity contribution in [3.8, 4) is 12.3 Å². The van der Waals surface area contributed by atoms with Crippen molar-refractivity contribution in [1.82, 2.24) is 5.32 Å². The molecule has 0 fully saturated rings. The number of ether oxygens (including phenoxy) is 1. The standard InChI is InChI=1S/C10H18N2O2/c1-4-6-8(5-2)12-10(13)9(11)7-14-3/h2,8-9H,4,6-7,11H2,1,3H3,(H,12,13). The molecule has 0 aromatic carbocycles. The summed E-state index contributed by atoms with van der Waals surface area (Å²) in [4.78, 5) is 11.4. The summed E-state index contributed by atoms with van der Waals surface area (Å²) in [6.45, 7) is 2.21. The van der Waals surface area contributed by atoms with E-state index in [9.17, 15) is 4.79 Å². The summed E-state index contributed by atoms with van der Waals surface area (Å²) in [5.74, 6) is 2.24. The van der Waals surface area contributed by atoms with Crippen LogP contribution in [0.1, 0.15) is 19.8 Å². The van der Waals surface area contributed by atoms with Crippen molar-refractivity contribution in [2.75, 3.05) is 13.7 Å². The van der Waals surface area contributed by atoms with E-state index in [1.54, 1.807) is 0 Å². The predicted molar refractivity (Wildman–Crippen MR) is 55.5 cm³/mol. The second kappa shape index (κ2) is 7.36. The Kier molecular flexibility index (Phi) is 6.81. The third kappa shape index (κ3) is 4.85. The molecular formula is C10H18N2O2. The Morgan fingerprint density at radius 1 is 1.71 bits per heavy atom. The molecule has 0 spiro atoms. The van der Waals surface area contributed by atoms with Crippen molar-refractivity contribution in [3.63, 3.8) is 0 Å². The summed E-state index contributed by atoms with van der Waals surface area (Å²) in [5, 5.41) is 2.67. The molecule has 0 aliphatic heterocycles. The summed E-state index contributed by atoms with van der Waals surface area (Å²) in [7, 11) is 1.50. The maximum atomic E-state index is 11.4. The molecule has 4 nitrogen and oxygen atoms in total. The highest BCUT2D eigenvalue weighted by Crippen LogP contribution is 1.95. The molecular weight excluding hydrogens is 180 g/mol. The van der Waals surface area contributed by atoms with Gasteiger partial charge in [0.2, 0.25) is 5.91 Å². The largest absolute Gasteiger partial charge is 0.383 e. The average Bonchev–Trinajstić information content (AvgIpc) is 2.17. The highest BCUT2D eigenvalue weighted by Gasteiger charge is 2.15. The van der Waals surface area contributed by atoms with E-state index >= 15 is 0 Å². The van der Waals surface area contributed by atoms with Crippen LogP contribution in [0.25, 0.3) is 0 Å². The van der Waals surface area contributed by atoms with E-state index in [1.165, 1.54) is 7.11 Å². The summed E-state index contributed by atoms with van der Waals surface area (Å²) >= 11 is 0. The molecule has 0 saturated heterocycles. The van der Waals surface area contributed by atoms with Crippen molar-refractivity contribution < 1.29 is 9.53 Å². The summed E-state index contributed by atoms with van der Waals surface area (Å²) in [6, 6.07) is -0.872. The van der Waals surface area contributed by atoms with Crippen LogP contribution in [0.4, 0.5) is 0 Å². The molecule has 14 heavy (non-hydrogen) atoms. The third-order valence-electron chi connectivity index (χ3n) is 1.78. The van der Waals surface area contributed by atoms with Crippen LogP contribution in [0.5, 0.6) is 0 Å². The molecule has 0 aliphatic carbocycles. The van der Waals surface area contributed by atoms with Crippen LogP contribution in [0.3, 0.4) is 0 Å². The van der Waals surface area contributed by atoms with Gasteiger partial charge in [0.05, 0.1) is 12.6 Å². The Morgan fingerprint density at radius 2 is 2.36 bits per heavy atom. The minimum absolute atomic E-state index is 0.204. The van der Waals surface area contributed by atoms with Gasteiger partial charge in [0, 0.05) is 7.11 Å². The van der Waals surface area contributed by atoms with E-state index in [2.05, 4.69) is 11.2 Å². The fraction of sp³-hybridized carbons (Fsp3) is 0.700. The molecule has 0 aromatic rings. The summed E-state index contributed by atoms with van der Waals surface area (Å²) in [6.07, 6.45) is 6.94. The number of nitrogens with one attached hydrogen (secondary N) is 1. The topological polar surface area (TPSA) is 64.4 Å². The first-order chi connectivity index (χ1) is 6.65. The maximum Gasteiger partial charge on any atom is 0.240 e. The van der Waals surface area contributed by atoms with Crippen LogP contribution in [0.2, 0.25) is 0 Å². The molecule has 0 saturated carbocycles. The molecule has 80 valence electrons. The second-order valence-corrected chi connectivity index (χ2v) is 3.08. The van der Waals surface area contributed by atoms with Crippen LogP contribution in [-0.4, -0.2) is 31.7 Å². The zero-order valence-corrected chi connectivity index (χ0v) is 8.75. The lowest BCUT2D eigenvalue weighted by Gasteiger charge is -2.15. The van der Waals surface area contributed by atoms with Crippen LogP contribution in [0.15, 0.2) is 0 Å². The van der Waals surface area contributed by atoms with E-state index in [-0.39, 0.29) is 18.6 Å². The number of hydrogen-bond donors (Lipinski definition) is 2. The van der Waals surface area contributed by atoms with Gasteiger partial charge in [-0.3, -0.25) is 4.79 Å². The summed E-state index contributed by atoms with van der Waals surface area (Å²) < 4.78 is 4.76. The molecule has 0 aliphatic rings. The van der Waals surface area contributed by atoms with Gasteiger partial charge in [-0.15, -0.1) is 6.42 Å².